The van der Waals surface area contributed by atoms with Crippen LogP contribution in [0.25, 0.3) is 0 Å². The Morgan fingerprint density at radius 2 is 1.78 bits per heavy atom. The van der Waals surface area contributed by atoms with Gasteiger partial charge in [-0.3, -0.25) is 4.79 Å². The first-order valence-corrected chi connectivity index (χ1v) is 6.61. The van der Waals surface area contributed by atoms with Gasteiger partial charge in [-0.15, -0.1) is 0 Å². The van der Waals surface area contributed by atoms with Gasteiger partial charge in [0.25, 0.3) is 11.0 Å². The number of benzene rings is 1. The van der Waals surface area contributed by atoms with Gasteiger partial charge in [-0.2, -0.15) is 0 Å². The Labute approximate surface area is 109 Å². The van der Waals surface area contributed by atoms with Crippen LogP contribution in [0.15, 0.2) is 34.3 Å². The van der Waals surface area contributed by atoms with E-state index >= 15 is 0 Å². The smallest absolute Gasteiger partial charge is 0.287 e. The molecule has 0 fully saturated rings. The van der Waals surface area contributed by atoms with E-state index in [4.69, 9.17) is 16.8 Å². The van der Waals surface area contributed by atoms with E-state index in [1.807, 2.05) is 0 Å². The minimum atomic E-state index is -4.16. The van der Waals surface area contributed by atoms with E-state index in [1.54, 1.807) is 0 Å². The second kappa shape index (κ2) is 5.36. The molecule has 1 rings (SSSR count). The van der Waals surface area contributed by atoms with Crippen LogP contribution in [0.1, 0.15) is 0 Å². The van der Waals surface area contributed by atoms with Gasteiger partial charge >= 0.3 is 0 Å². The lowest BCUT2D eigenvalue weighted by Crippen LogP contribution is -2.35. The molecule has 0 saturated heterocycles. The molecule has 0 saturated carbocycles. The summed E-state index contributed by atoms with van der Waals surface area (Å²) in [5.41, 5.74) is 0. The molecule has 0 spiro atoms. The molecule has 0 aromatic heterocycles. The average molecular weight is 291 g/mol. The number of halogens is 1. The van der Waals surface area contributed by atoms with Crippen LogP contribution in [-0.2, 0) is 14.6 Å². The highest BCUT2D eigenvalue weighted by Crippen LogP contribution is 2.17. The largest absolute Gasteiger partial charge is 0.410 e. The molecular formula is C10H11ClN2O4S. The van der Waals surface area contributed by atoms with Crippen LogP contribution in [-0.4, -0.2) is 43.6 Å². The lowest BCUT2D eigenvalue weighted by Gasteiger charge is -2.11. The predicted octanol–water partition coefficient (Wildman–Crippen LogP) is 0.990. The number of oxime groups is 1. The van der Waals surface area contributed by atoms with Gasteiger partial charge in [0.05, 0.1) is 4.90 Å². The van der Waals surface area contributed by atoms with Crippen LogP contribution in [0, 0.1) is 0 Å². The molecule has 0 radical (unpaired) electrons. The van der Waals surface area contributed by atoms with Crippen molar-refractivity contribution in [1.29, 1.82) is 0 Å². The van der Waals surface area contributed by atoms with Crippen molar-refractivity contribution < 1.29 is 18.4 Å². The van der Waals surface area contributed by atoms with Crippen LogP contribution in [0.5, 0.6) is 0 Å². The maximum atomic E-state index is 12.0. The zero-order chi connectivity index (χ0) is 13.9. The number of carbonyl (C=O) groups is 1. The molecule has 98 valence electrons. The molecule has 0 atom stereocenters. The van der Waals surface area contributed by atoms with Crippen molar-refractivity contribution in [1.82, 2.24) is 4.90 Å². The Morgan fingerprint density at radius 1 is 1.28 bits per heavy atom. The molecule has 18 heavy (non-hydrogen) atoms. The molecule has 1 amide bonds. The van der Waals surface area contributed by atoms with Crippen LogP contribution >= 0.6 is 11.6 Å². The fourth-order valence-electron chi connectivity index (χ4n) is 1.13. The third-order valence-corrected chi connectivity index (χ3v) is 3.97. The van der Waals surface area contributed by atoms with E-state index < -0.39 is 20.8 Å². The summed E-state index contributed by atoms with van der Waals surface area (Å²) in [7, 11) is -1.46. The zero-order valence-corrected chi connectivity index (χ0v) is 11.2. The molecule has 0 aliphatic heterocycles. The van der Waals surface area contributed by atoms with E-state index in [2.05, 4.69) is 5.16 Å². The minimum Gasteiger partial charge on any atom is -0.410 e. The number of hydrogen-bond acceptors (Lipinski definition) is 5. The monoisotopic (exact) mass is 290 g/mol. The summed E-state index contributed by atoms with van der Waals surface area (Å²) < 4.78 is 24.1. The topological polar surface area (TPSA) is 87.0 Å². The highest BCUT2D eigenvalue weighted by Gasteiger charge is 2.31. The number of carbonyl (C=O) groups excluding carboxylic acids is 1. The summed E-state index contributed by atoms with van der Waals surface area (Å²) in [5.74, 6) is -0.910. The molecule has 6 nitrogen and oxygen atoms in total. The Kier molecular flexibility index (Phi) is 4.31. The van der Waals surface area contributed by atoms with Gasteiger partial charge in [0.15, 0.2) is 0 Å². The van der Waals surface area contributed by atoms with Crippen molar-refractivity contribution in [3.63, 3.8) is 0 Å². The van der Waals surface area contributed by atoms with Crippen molar-refractivity contribution >= 4 is 32.4 Å². The molecule has 1 aromatic rings. The van der Waals surface area contributed by atoms with Crippen LogP contribution in [0.3, 0.4) is 0 Å². The second-order valence-corrected chi connectivity index (χ2v) is 5.86. The van der Waals surface area contributed by atoms with E-state index in [0.717, 1.165) is 4.90 Å². The summed E-state index contributed by atoms with van der Waals surface area (Å²) in [5, 5.41) is 10.7. The lowest BCUT2D eigenvalue weighted by atomic mass is 10.4. The normalized spacial score (nSPS) is 12.3. The van der Waals surface area contributed by atoms with Gasteiger partial charge in [-0.05, 0) is 24.3 Å². The molecule has 0 bridgehead atoms. The Bertz CT molecular complexity index is 578. The number of hydrogen-bond donors (Lipinski definition) is 1. The maximum Gasteiger partial charge on any atom is 0.287 e. The van der Waals surface area contributed by atoms with Crippen LogP contribution < -0.4 is 0 Å². The molecule has 0 aliphatic carbocycles. The molecule has 0 unspecified atom stereocenters. The van der Waals surface area contributed by atoms with Gasteiger partial charge in [0.1, 0.15) is 0 Å². The first-order valence-electron chi connectivity index (χ1n) is 4.75. The van der Waals surface area contributed by atoms with Crippen LogP contribution in [0.2, 0.25) is 5.02 Å². The van der Waals surface area contributed by atoms with Gasteiger partial charge in [0.2, 0.25) is 9.84 Å². The number of amides is 1. The van der Waals surface area contributed by atoms with Crippen molar-refractivity contribution in [2.24, 2.45) is 5.16 Å². The average Bonchev–Trinajstić information content (AvgIpc) is 2.29. The summed E-state index contributed by atoms with van der Waals surface area (Å²) >= 11 is 5.64. The third-order valence-electron chi connectivity index (χ3n) is 2.06. The predicted molar refractivity (Wildman–Crippen MR) is 66.6 cm³/mol. The fourth-order valence-corrected chi connectivity index (χ4v) is 2.49. The highest BCUT2D eigenvalue weighted by atomic mass is 35.5. The Morgan fingerprint density at radius 3 is 2.17 bits per heavy atom. The van der Waals surface area contributed by atoms with Crippen molar-refractivity contribution in [3.8, 4) is 0 Å². The van der Waals surface area contributed by atoms with Gasteiger partial charge < -0.3 is 10.1 Å². The van der Waals surface area contributed by atoms with E-state index in [0.29, 0.717) is 5.02 Å². The van der Waals surface area contributed by atoms with Gasteiger partial charge in [-0.1, -0.05) is 16.8 Å². The molecule has 1 aromatic carbocycles. The summed E-state index contributed by atoms with van der Waals surface area (Å²) in [6.45, 7) is 0. The number of nitrogens with zero attached hydrogens (tertiary/aromatic N) is 2. The summed E-state index contributed by atoms with van der Waals surface area (Å²) in [6.07, 6.45) is 0. The van der Waals surface area contributed by atoms with E-state index in [9.17, 15) is 13.2 Å². The van der Waals surface area contributed by atoms with Crippen molar-refractivity contribution in [2.75, 3.05) is 14.1 Å². The molecule has 8 heteroatoms. The van der Waals surface area contributed by atoms with Gasteiger partial charge in [0, 0.05) is 19.1 Å². The number of rotatable bonds is 1. The van der Waals surface area contributed by atoms with E-state index in [-0.39, 0.29) is 4.90 Å². The van der Waals surface area contributed by atoms with Crippen molar-refractivity contribution in [3.05, 3.63) is 29.3 Å². The molecule has 0 aliphatic rings. The lowest BCUT2D eigenvalue weighted by molar-refractivity contribution is -0.121. The fraction of sp³-hybridized carbons (Fsp3) is 0.200. The van der Waals surface area contributed by atoms with Crippen molar-refractivity contribution in [2.45, 2.75) is 4.90 Å². The second-order valence-electron chi connectivity index (χ2n) is 3.56. The Balaban J connectivity index is 3.29. The highest BCUT2D eigenvalue weighted by molar-refractivity contribution is 8.08. The standard InChI is InChI=1S/C10H11ClN2O4S/c1-13(2)10(14)9(12-15)18(16,17)8-5-3-7(11)4-6-8/h3-6,15H,1-2H3. The molecule has 0 heterocycles. The Hall–Kier alpha value is -1.60. The number of sulfone groups is 1. The van der Waals surface area contributed by atoms with Crippen LogP contribution in [0.4, 0.5) is 0 Å². The third kappa shape index (κ3) is 2.80. The molecule has 1 N–H and O–H groups in total. The minimum absolute atomic E-state index is 0.171. The first-order chi connectivity index (χ1) is 8.30. The van der Waals surface area contributed by atoms with Gasteiger partial charge in [-0.25, -0.2) is 8.42 Å². The SMILES string of the molecule is CN(C)C(=O)C(=NO)S(=O)(=O)c1ccc(Cl)cc1. The maximum absolute atomic E-state index is 12.0. The zero-order valence-electron chi connectivity index (χ0n) is 9.66. The first kappa shape index (κ1) is 14.5. The molecular weight excluding hydrogens is 280 g/mol. The summed E-state index contributed by atoms with van der Waals surface area (Å²) in [4.78, 5) is 12.4. The van der Waals surface area contributed by atoms with E-state index in [1.165, 1.54) is 38.4 Å². The summed E-state index contributed by atoms with van der Waals surface area (Å²) in [6, 6.07) is 5.19. The quantitative estimate of drug-likeness (QED) is 0.362.